The van der Waals surface area contributed by atoms with Gasteiger partial charge in [0.1, 0.15) is 12.4 Å². The number of rotatable bonds is 5. The van der Waals surface area contributed by atoms with Gasteiger partial charge in [-0.3, -0.25) is 4.98 Å². The van der Waals surface area contributed by atoms with Crippen molar-refractivity contribution in [1.82, 2.24) is 4.98 Å². The van der Waals surface area contributed by atoms with Gasteiger partial charge in [-0.15, -0.1) is 0 Å². The van der Waals surface area contributed by atoms with Gasteiger partial charge in [-0.25, -0.2) is 0 Å². The maximum absolute atomic E-state index is 5.56. The molecule has 0 spiro atoms. The van der Waals surface area contributed by atoms with Crippen molar-refractivity contribution in [3.63, 3.8) is 0 Å². The Balaban J connectivity index is 1.73. The zero-order valence-electron chi connectivity index (χ0n) is 9.27. The summed E-state index contributed by atoms with van der Waals surface area (Å²) < 4.78 is 6.53. The minimum absolute atomic E-state index is 0.622. The monoisotopic (exact) mass is 292 g/mol. The first-order valence-electron chi connectivity index (χ1n) is 5.37. The van der Waals surface area contributed by atoms with Crippen molar-refractivity contribution in [3.8, 4) is 5.75 Å². The van der Waals surface area contributed by atoms with Crippen molar-refractivity contribution in [2.24, 2.45) is 0 Å². The number of nitrogens with zero attached hydrogens (tertiary/aromatic N) is 1. The molecule has 88 valence electrons. The van der Waals surface area contributed by atoms with Crippen molar-refractivity contribution in [1.29, 1.82) is 0 Å². The van der Waals surface area contributed by atoms with Crippen LogP contribution in [-0.4, -0.2) is 18.1 Å². The third-order valence-corrected chi connectivity index (χ3v) is 2.58. The summed E-state index contributed by atoms with van der Waals surface area (Å²) >= 11 is 3.37. The normalized spacial score (nSPS) is 9.94. The summed E-state index contributed by atoms with van der Waals surface area (Å²) in [6, 6.07) is 11.8. The van der Waals surface area contributed by atoms with Gasteiger partial charge in [0.05, 0.1) is 11.9 Å². The summed E-state index contributed by atoms with van der Waals surface area (Å²) in [5.41, 5.74) is 0.982. The van der Waals surface area contributed by atoms with Crippen LogP contribution >= 0.6 is 15.9 Å². The van der Waals surface area contributed by atoms with Crippen molar-refractivity contribution in [3.05, 3.63) is 53.3 Å². The van der Waals surface area contributed by atoms with Crippen LogP contribution in [0.4, 0.5) is 5.69 Å². The Hall–Kier alpha value is -1.55. The number of halogens is 1. The van der Waals surface area contributed by atoms with Crippen LogP contribution in [0, 0.1) is 0 Å². The second-order valence-corrected chi connectivity index (χ2v) is 4.40. The molecule has 1 aromatic heterocycles. The van der Waals surface area contributed by atoms with Crippen LogP contribution < -0.4 is 10.1 Å². The molecule has 1 N–H and O–H groups in total. The Morgan fingerprint density at radius 3 is 2.76 bits per heavy atom. The first-order valence-corrected chi connectivity index (χ1v) is 6.16. The number of para-hydroxylation sites is 1. The van der Waals surface area contributed by atoms with Crippen LogP contribution in [0.25, 0.3) is 0 Å². The minimum Gasteiger partial charge on any atom is -0.492 e. The van der Waals surface area contributed by atoms with Crippen LogP contribution in [0.15, 0.2) is 53.3 Å². The molecule has 0 atom stereocenters. The van der Waals surface area contributed by atoms with Crippen LogP contribution in [0.3, 0.4) is 0 Å². The number of hydrogen-bond donors (Lipinski definition) is 1. The van der Waals surface area contributed by atoms with E-state index in [-0.39, 0.29) is 0 Å². The van der Waals surface area contributed by atoms with Gasteiger partial charge in [0.2, 0.25) is 0 Å². The van der Waals surface area contributed by atoms with E-state index in [1.165, 1.54) is 0 Å². The summed E-state index contributed by atoms with van der Waals surface area (Å²) in [4.78, 5) is 4.07. The van der Waals surface area contributed by atoms with Gasteiger partial charge in [-0.1, -0.05) is 18.2 Å². The fraction of sp³-hybridized carbons (Fsp3) is 0.154. The molecule has 2 rings (SSSR count). The molecule has 1 heterocycles. The van der Waals surface area contributed by atoms with Crippen molar-refractivity contribution < 1.29 is 4.74 Å². The highest BCUT2D eigenvalue weighted by Gasteiger charge is 1.94. The molecule has 0 radical (unpaired) electrons. The van der Waals surface area contributed by atoms with E-state index in [2.05, 4.69) is 26.2 Å². The second-order valence-electron chi connectivity index (χ2n) is 3.48. The Labute approximate surface area is 109 Å². The molecule has 0 fully saturated rings. The third-order valence-electron chi connectivity index (χ3n) is 2.15. The molecular formula is C13H13BrN2O. The SMILES string of the molecule is Brc1cncc(NCCOc2ccccc2)c1. The highest BCUT2D eigenvalue weighted by molar-refractivity contribution is 9.10. The van der Waals surface area contributed by atoms with Gasteiger partial charge in [0.15, 0.2) is 0 Å². The number of ether oxygens (including phenoxy) is 1. The van der Waals surface area contributed by atoms with Crippen LogP contribution in [0.1, 0.15) is 0 Å². The van der Waals surface area contributed by atoms with Gasteiger partial charge < -0.3 is 10.1 Å². The number of aromatic nitrogens is 1. The third kappa shape index (κ3) is 4.07. The van der Waals surface area contributed by atoms with E-state index >= 15 is 0 Å². The standard InChI is InChI=1S/C13H13BrN2O/c14-11-8-12(10-15-9-11)16-6-7-17-13-4-2-1-3-5-13/h1-5,8-10,16H,6-7H2. The fourth-order valence-corrected chi connectivity index (χ4v) is 1.75. The summed E-state index contributed by atoms with van der Waals surface area (Å²) in [7, 11) is 0. The Bertz CT molecular complexity index is 462. The molecule has 0 amide bonds. The quantitative estimate of drug-likeness (QED) is 0.859. The van der Waals surface area contributed by atoms with Gasteiger partial charge in [0, 0.05) is 17.2 Å². The lowest BCUT2D eigenvalue weighted by molar-refractivity contribution is 0.333. The molecule has 0 saturated heterocycles. The van der Waals surface area contributed by atoms with Crippen LogP contribution in [0.5, 0.6) is 5.75 Å². The van der Waals surface area contributed by atoms with E-state index in [4.69, 9.17) is 4.74 Å². The number of nitrogens with one attached hydrogen (secondary N) is 1. The molecular weight excluding hydrogens is 280 g/mol. The molecule has 0 bridgehead atoms. The fourth-order valence-electron chi connectivity index (χ4n) is 1.39. The summed E-state index contributed by atoms with van der Waals surface area (Å²) in [6.07, 6.45) is 3.54. The van der Waals surface area contributed by atoms with E-state index in [0.29, 0.717) is 6.61 Å². The van der Waals surface area contributed by atoms with Crippen molar-refractivity contribution >= 4 is 21.6 Å². The molecule has 1 aromatic carbocycles. The topological polar surface area (TPSA) is 34.2 Å². The van der Waals surface area contributed by atoms with E-state index < -0.39 is 0 Å². The van der Waals surface area contributed by atoms with Gasteiger partial charge >= 0.3 is 0 Å². The van der Waals surface area contributed by atoms with E-state index in [0.717, 1.165) is 22.5 Å². The van der Waals surface area contributed by atoms with Gasteiger partial charge in [0.25, 0.3) is 0 Å². The molecule has 0 aliphatic heterocycles. The zero-order chi connectivity index (χ0) is 11.9. The molecule has 0 saturated carbocycles. The smallest absolute Gasteiger partial charge is 0.119 e. The summed E-state index contributed by atoms with van der Waals surface area (Å²) in [5.74, 6) is 0.890. The van der Waals surface area contributed by atoms with E-state index in [1.54, 1.807) is 12.4 Å². The molecule has 3 nitrogen and oxygen atoms in total. The number of hydrogen-bond acceptors (Lipinski definition) is 3. The minimum atomic E-state index is 0.622. The number of pyridine rings is 1. The predicted octanol–water partition coefficient (Wildman–Crippen LogP) is 3.34. The first kappa shape index (κ1) is 11.9. The van der Waals surface area contributed by atoms with Gasteiger partial charge in [-0.05, 0) is 34.1 Å². The molecule has 4 heteroatoms. The lowest BCUT2D eigenvalue weighted by Gasteiger charge is -2.08. The van der Waals surface area contributed by atoms with Crippen LogP contribution in [-0.2, 0) is 0 Å². The molecule has 0 aliphatic carbocycles. The van der Waals surface area contributed by atoms with Crippen molar-refractivity contribution in [2.75, 3.05) is 18.5 Å². The Kier molecular flexibility index (Phi) is 4.38. The number of anilines is 1. The average molecular weight is 293 g/mol. The lowest BCUT2D eigenvalue weighted by atomic mass is 10.3. The maximum Gasteiger partial charge on any atom is 0.119 e. The number of benzene rings is 1. The summed E-state index contributed by atoms with van der Waals surface area (Å²) in [6.45, 7) is 1.36. The maximum atomic E-state index is 5.56. The lowest BCUT2D eigenvalue weighted by Crippen LogP contribution is -2.11. The van der Waals surface area contributed by atoms with Crippen LogP contribution in [0.2, 0.25) is 0 Å². The molecule has 0 aliphatic rings. The Morgan fingerprint density at radius 2 is 2.00 bits per heavy atom. The van der Waals surface area contributed by atoms with Gasteiger partial charge in [-0.2, -0.15) is 0 Å². The van der Waals surface area contributed by atoms with E-state index in [1.807, 2.05) is 36.4 Å². The predicted molar refractivity (Wildman–Crippen MR) is 72.4 cm³/mol. The zero-order valence-corrected chi connectivity index (χ0v) is 10.9. The first-order chi connectivity index (χ1) is 8.34. The highest BCUT2D eigenvalue weighted by Crippen LogP contribution is 2.13. The van der Waals surface area contributed by atoms with E-state index in [9.17, 15) is 0 Å². The Morgan fingerprint density at radius 1 is 1.18 bits per heavy atom. The molecule has 17 heavy (non-hydrogen) atoms. The average Bonchev–Trinajstić information content (AvgIpc) is 2.36. The molecule has 2 aromatic rings. The summed E-state index contributed by atoms with van der Waals surface area (Å²) in [5, 5.41) is 3.24. The van der Waals surface area contributed by atoms with Crippen molar-refractivity contribution in [2.45, 2.75) is 0 Å². The highest BCUT2D eigenvalue weighted by atomic mass is 79.9. The largest absolute Gasteiger partial charge is 0.492 e. The second kappa shape index (κ2) is 6.25. The molecule has 0 unspecified atom stereocenters.